The fraction of sp³-hybridized carbons (Fsp3) is 0.267. The van der Waals surface area contributed by atoms with Crippen LogP contribution in [0.15, 0.2) is 24.4 Å². The number of halogens is 1. The molecule has 1 N–H and O–H groups in total. The second kappa shape index (κ2) is 6.18. The van der Waals surface area contributed by atoms with Crippen LogP contribution in [0.5, 0.6) is 0 Å². The zero-order chi connectivity index (χ0) is 15.4. The van der Waals surface area contributed by atoms with Crippen LogP contribution in [-0.2, 0) is 0 Å². The van der Waals surface area contributed by atoms with Gasteiger partial charge in [-0.05, 0) is 18.6 Å². The lowest BCUT2D eigenvalue weighted by Crippen LogP contribution is -2.18. The van der Waals surface area contributed by atoms with E-state index >= 15 is 0 Å². The molecule has 21 heavy (non-hydrogen) atoms. The Morgan fingerprint density at radius 1 is 1.62 bits per heavy atom. The molecule has 0 aliphatic carbocycles. The lowest BCUT2D eigenvalue weighted by Gasteiger charge is -2.15. The molecule has 0 spiro atoms. The number of terminal acetylenes is 1. The summed E-state index contributed by atoms with van der Waals surface area (Å²) in [6.45, 7) is 1.97. The fourth-order valence-corrected chi connectivity index (χ4v) is 2.14. The summed E-state index contributed by atoms with van der Waals surface area (Å²) in [6, 6.07) is 3.65. The molecule has 6 heteroatoms. The number of pyridine rings is 1. The van der Waals surface area contributed by atoms with Gasteiger partial charge in [-0.3, -0.25) is 15.1 Å². The molecule has 0 bridgehead atoms. The molecule has 0 aliphatic heterocycles. The first-order chi connectivity index (χ1) is 10.1. The predicted octanol–water partition coefficient (Wildman–Crippen LogP) is 3.50. The highest BCUT2D eigenvalue weighted by Crippen LogP contribution is 2.33. The number of fused-ring (bicyclic) bond motifs is 1. The molecule has 1 unspecified atom stereocenters. The maximum atomic E-state index is 14.2. The molecule has 0 saturated heterocycles. The van der Waals surface area contributed by atoms with Gasteiger partial charge in [0.2, 0.25) is 0 Å². The summed E-state index contributed by atoms with van der Waals surface area (Å²) in [5.74, 6) is 1.81. The third-order valence-corrected chi connectivity index (χ3v) is 3.12. The first-order valence-corrected chi connectivity index (χ1v) is 6.52. The standard InChI is InChI=1S/C15H14FN3O2/c1-3-6-10(4-2)18-15-12(16)9-13(19(20)21)11-7-5-8-17-14(11)15/h2,5,7-10,18H,3,6H2,1H3. The Morgan fingerprint density at radius 3 is 3.00 bits per heavy atom. The molecule has 108 valence electrons. The minimum absolute atomic E-state index is 0.104. The van der Waals surface area contributed by atoms with Crippen molar-refractivity contribution in [3.05, 3.63) is 40.3 Å². The molecule has 1 heterocycles. The minimum atomic E-state index is -0.732. The average molecular weight is 287 g/mol. The van der Waals surface area contributed by atoms with Crippen molar-refractivity contribution < 1.29 is 9.31 Å². The van der Waals surface area contributed by atoms with E-state index in [1.54, 1.807) is 6.07 Å². The van der Waals surface area contributed by atoms with Crippen molar-refractivity contribution in [2.24, 2.45) is 0 Å². The van der Waals surface area contributed by atoms with Crippen LogP contribution in [0.2, 0.25) is 0 Å². The lowest BCUT2D eigenvalue weighted by molar-refractivity contribution is -0.383. The Morgan fingerprint density at radius 2 is 2.38 bits per heavy atom. The van der Waals surface area contributed by atoms with Crippen LogP contribution in [0.25, 0.3) is 10.9 Å². The van der Waals surface area contributed by atoms with Crippen LogP contribution in [0.3, 0.4) is 0 Å². The van der Waals surface area contributed by atoms with Crippen molar-refractivity contribution in [2.75, 3.05) is 5.32 Å². The van der Waals surface area contributed by atoms with E-state index in [0.29, 0.717) is 6.42 Å². The zero-order valence-corrected chi connectivity index (χ0v) is 11.5. The molecule has 1 atom stereocenters. The van der Waals surface area contributed by atoms with Crippen molar-refractivity contribution in [2.45, 2.75) is 25.8 Å². The number of anilines is 1. The van der Waals surface area contributed by atoms with Gasteiger partial charge >= 0.3 is 0 Å². The number of nitrogens with zero attached hydrogens (tertiary/aromatic N) is 2. The number of nitro benzene ring substituents is 1. The second-order valence-electron chi connectivity index (χ2n) is 4.56. The van der Waals surface area contributed by atoms with Crippen LogP contribution in [0.1, 0.15) is 19.8 Å². The molecule has 0 saturated carbocycles. The first-order valence-electron chi connectivity index (χ1n) is 6.52. The van der Waals surface area contributed by atoms with Gasteiger partial charge in [0.05, 0.1) is 28.1 Å². The number of hydrogen-bond donors (Lipinski definition) is 1. The van der Waals surface area contributed by atoms with Gasteiger partial charge in [-0.25, -0.2) is 4.39 Å². The van der Waals surface area contributed by atoms with E-state index < -0.39 is 10.7 Å². The van der Waals surface area contributed by atoms with Gasteiger partial charge in [-0.1, -0.05) is 19.3 Å². The second-order valence-corrected chi connectivity index (χ2v) is 4.56. The highest BCUT2D eigenvalue weighted by molar-refractivity contribution is 5.97. The normalized spacial score (nSPS) is 11.9. The van der Waals surface area contributed by atoms with E-state index in [-0.39, 0.29) is 28.3 Å². The Balaban J connectivity index is 2.60. The summed E-state index contributed by atoms with van der Waals surface area (Å²) in [4.78, 5) is 14.5. The third kappa shape index (κ3) is 2.92. The molecule has 2 aromatic rings. The Kier molecular flexibility index (Phi) is 4.33. The number of aromatic nitrogens is 1. The maximum absolute atomic E-state index is 14.2. The zero-order valence-electron chi connectivity index (χ0n) is 11.5. The van der Waals surface area contributed by atoms with Crippen LogP contribution in [-0.4, -0.2) is 15.9 Å². The molecule has 2 rings (SSSR count). The van der Waals surface area contributed by atoms with Gasteiger partial charge in [-0.15, -0.1) is 6.42 Å². The van der Waals surface area contributed by atoms with Crippen molar-refractivity contribution >= 4 is 22.3 Å². The van der Waals surface area contributed by atoms with Crippen LogP contribution in [0, 0.1) is 28.3 Å². The predicted molar refractivity (Wildman–Crippen MR) is 79.5 cm³/mol. The summed E-state index contributed by atoms with van der Waals surface area (Å²) < 4.78 is 14.2. The quantitative estimate of drug-likeness (QED) is 0.519. The van der Waals surface area contributed by atoms with Crippen LogP contribution >= 0.6 is 0 Å². The van der Waals surface area contributed by atoms with Crippen molar-refractivity contribution in [1.29, 1.82) is 0 Å². The Bertz CT molecular complexity index is 725. The van der Waals surface area contributed by atoms with E-state index in [0.717, 1.165) is 12.5 Å². The molecule has 1 aromatic heterocycles. The summed E-state index contributed by atoms with van der Waals surface area (Å²) >= 11 is 0. The van der Waals surface area contributed by atoms with E-state index in [2.05, 4.69) is 16.2 Å². The summed E-state index contributed by atoms with van der Waals surface area (Å²) in [7, 11) is 0. The maximum Gasteiger partial charge on any atom is 0.281 e. The monoisotopic (exact) mass is 287 g/mol. The molecule has 0 fully saturated rings. The van der Waals surface area contributed by atoms with E-state index in [1.807, 2.05) is 6.92 Å². The molecule has 0 radical (unpaired) electrons. The average Bonchev–Trinajstić information content (AvgIpc) is 2.48. The van der Waals surface area contributed by atoms with E-state index in [9.17, 15) is 14.5 Å². The third-order valence-electron chi connectivity index (χ3n) is 3.12. The van der Waals surface area contributed by atoms with Gasteiger partial charge in [0.1, 0.15) is 5.52 Å². The van der Waals surface area contributed by atoms with E-state index in [4.69, 9.17) is 6.42 Å². The highest BCUT2D eigenvalue weighted by Gasteiger charge is 2.21. The van der Waals surface area contributed by atoms with E-state index in [1.165, 1.54) is 12.3 Å². The molecule has 5 nitrogen and oxygen atoms in total. The number of nitro groups is 1. The molecule has 0 aliphatic rings. The molecular formula is C15H14FN3O2. The summed E-state index contributed by atoms with van der Waals surface area (Å²) in [6.07, 6.45) is 8.38. The highest BCUT2D eigenvalue weighted by atomic mass is 19.1. The number of benzene rings is 1. The van der Waals surface area contributed by atoms with Gasteiger partial charge in [0.25, 0.3) is 5.69 Å². The molecular weight excluding hydrogens is 273 g/mol. The van der Waals surface area contributed by atoms with Gasteiger partial charge in [0.15, 0.2) is 5.82 Å². The first kappa shape index (κ1) is 14.7. The SMILES string of the molecule is C#CC(CCC)Nc1c(F)cc([N+](=O)[O-])c2cccnc12. The number of non-ortho nitro benzene ring substituents is 1. The number of rotatable bonds is 5. The largest absolute Gasteiger partial charge is 0.367 e. The molecule has 1 aromatic carbocycles. The Labute approximate surface area is 121 Å². The Hall–Kier alpha value is -2.68. The minimum Gasteiger partial charge on any atom is -0.367 e. The van der Waals surface area contributed by atoms with Crippen molar-refractivity contribution in [3.8, 4) is 12.3 Å². The van der Waals surface area contributed by atoms with Crippen molar-refractivity contribution in [3.63, 3.8) is 0 Å². The summed E-state index contributed by atoms with van der Waals surface area (Å²) in [5, 5.41) is 14.2. The number of nitrogens with one attached hydrogen (secondary N) is 1. The summed E-state index contributed by atoms with van der Waals surface area (Å²) in [5.41, 5.74) is 0.00190. The molecule has 0 amide bonds. The van der Waals surface area contributed by atoms with Crippen LogP contribution < -0.4 is 5.32 Å². The lowest BCUT2D eigenvalue weighted by atomic mass is 10.1. The fourth-order valence-electron chi connectivity index (χ4n) is 2.14. The van der Waals surface area contributed by atoms with Gasteiger partial charge < -0.3 is 5.32 Å². The van der Waals surface area contributed by atoms with Gasteiger partial charge in [0, 0.05) is 6.20 Å². The topological polar surface area (TPSA) is 68.1 Å². The van der Waals surface area contributed by atoms with Crippen molar-refractivity contribution in [1.82, 2.24) is 4.98 Å². The smallest absolute Gasteiger partial charge is 0.281 e. The van der Waals surface area contributed by atoms with Gasteiger partial charge in [-0.2, -0.15) is 0 Å². The number of hydrogen-bond acceptors (Lipinski definition) is 4. The van der Waals surface area contributed by atoms with Crippen LogP contribution in [0.4, 0.5) is 15.8 Å².